The number of benzene rings is 1. The number of para-hydroxylation sites is 1. The van der Waals surface area contributed by atoms with Crippen LogP contribution in [-0.4, -0.2) is 35.6 Å². The van der Waals surface area contributed by atoms with Gasteiger partial charge in [-0.3, -0.25) is 15.0 Å². The van der Waals surface area contributed by atoms with E-state index in [0.717, 1.165) is 25.1 Å². The van der Waals surface area contributed by atoms with Crippen LogP contribution >= 0.6 is 0 Å². The van der Waals surface area contributed by atoms with Crippen LogP contribution < -0.4 is 5.73 Å². The van der Waals surface area contributed by atoms with Crippen molar-refractivity contribution < 1.29 is 9.66 Å². The molecule has 0 amide bonds. The van der Waals surface area contributed by atoms with Crippen LogP contribution in [0, 0.1) is 10.1 Å². The van der Waals surface area contributed by atoms with Crippen LogP contribution in [0.25, 0.3) is 0 Å². The second-order valence-corrected chi connectivity index (χ2v) is 4.74. The van der Waals surface area contributed by atoms with E-state index in [9.17, 15) is 10.1 Å². The molecular formula is C13H19N3O3. The van der Waals surface area contributed by atoms with Crippen LogP contribution in [0.1, 0.15) is 18.9 Å². The zero-order valence-corrected chi connectivity index (χ0v) is 11.0. The molecule has 1 heterocycles. The molecule has 104 valence electrons. The smallest absolute Gasteiger partial charge is 0.292 e. The highest BCUT2D eigenvalue weighted by atomic mass is 16.6. The van der Waals surface area contributed by atoms with Crippen molar-refractivity contribution >= 4 is 11.4 Å². The van der Waals surface area contributed by atoms with Crippen LogP contribution in [-0.2, 0) is 11.3 Å². The van der Waals surface area contributed by atoms with E-state index in [0.29, 0.717) is 13.2 Å². The number of nitro benzene ring substituents is 1. The molecule has 6 heteroatoms. The molecule has 1 aliphatic rings. The Kier molecular flexibility index (Phi) is 4.34. The summed E-state index contributed by atoms with van der Waals surface area (Å²) in [4.78, 5) is 12.6. The van der Waals surface area contributed by atoms with Gasteiger partial charge in [-0.25, -0.2) is 0 Å². The fourth-order valence-corrected chi connectivity index (χ4v) is 2.31. The SMILES string of the molecule is CCC1CN(Cc2cccc([N+](=O)[O-])c2N)CCO1. The van der Waals surface area contributed by atoms with E-state index in [2.05, 4.69) is 11.8 Å². The number of hydrogen-bond donors (Lipinski definition) is 1. The van der Waals surface area contributed by atoms with Gasteiger partial charge in [-0.05, 0) is 12.0 Å². The number of anilines is 1. The highest BCUT2D eigenvalue weighted by molar-refractivity contribution is 5.62. The van der Waals surface area contributed by atoms with Crippen LogP contribution in [0.4, 0.5) is 11.4 Å². The minimum absolute atomic E-state index is 0.0159. The van der Waals surface area contributed by atoms with Gasteiger partial charge in [0.1, 0.15) is 5.69 Å². The van der Waals surface area contributed by atoms with Crippen molar-refractivity contribution in [1.82, 2.24) is 4.90 Å². The molecule has 1 aliphatic heterocycles. The van der Waals surface area contributed by atoms with Gasteiger partial charge in [-0.15, -0.1) is 0 Å². The number of hydrogen-bond acceptors (Lipinski definition) is 5. The van der Waals surface area contributed by atoms with Gasteiger partial charge in [-0.2, -0.15) is 0 Å². The van der Waals surface area contributed by atoms with Gasteiger partial charge in [0.05, 0.1) is 17.6 Å². The van der Waals surface area contributed by atoms with Crippen LogP contribution in [0.2, 0.25) is 0 Å². The molecule has 1 aromatic carbocycles. The second kappa shape index (κ2) is 5.99. The van der Waals surface area contributed by atoms with E-state index in [4.69, 9.17) is 10.5 Å². The van der Waals surface area contributed by atoms with Crippen molar-refractivity contribution in [3.63, 3.8) is 0 Å². The van der Waals surface area contributed by atoms with Gasteiger partial charge in [0, 0.05) is 25.7 Å². The minimum atomic E-state index is -0.438. The summed E-state index contributed by atoms with van der Waals surface area (Å²) in [5, 5.41) is 10.9. The molecule has 1 aromatic rings. The summed E-state index contributed by atoms with van der Waals surface area (Å²) in [6.45, 7) is 5.11. The maximum Gasteiger partial charge on any atom is 0.292 e. The fourth-order valence-electron chi connectivity index (χ4n) is 2.31. The molecule has 2 N–H and O–H groups in total. The molecular weight excluding hydrogens is 246 g/mol. The standard InChI is InChI=1S/C13H19N3O3/c1-2-11-9-15(6-7-19-11)8-10-4-3-5-12(13(10)14)16(17)18/h3-5,11H,2,6-9,14H2,1H3. The Morgan fingerprint density at radius 3 is 3.05 bits per heavy atom. The van der Waals surface area contributed by atoms with E-state index >= 15 is 0 Å². The van der Waals surface area contributed by atoms with Crippen molar-refractivity contribution in [3.8, 4) is 0 Å². The Bertz CT molecular complexity index is 464. The fraction of sp³-hybridized carbons (Fsp3) is 0.538. The first kappa shape index (κ1) is 13.8. The summed E-state index contributed by atoms with van der Waals surface area (Å²) in [6.07, 6.45) is 1.22. The van der Waals surface area contributed by atoms with Gasteiger partial charge >= 0.3 is 0 Å². The van der Waals surface area contributed by atoms with Crippen molar-refractivity contribution in [2.45, 2.75) is 26.0 Å². The molecule has 1 saturated heterocycles. The number of nitrogen functional groups attached to an aromatic ring is 1. The number of ether oxygens (including phenoxy) is 1. The first-order valence-corrected chi connectivity index (χ1v) is 6.47. The predicted octanol–water partition coefficient (Wildman–Crippen LogP) is 1.79. The van der Waals surface area contributed by atoms with Crippen LogP contribution in [0.5, 0.6) is 0 Å². The number of nitrogens with two attached hydrogens (primary N) is 1. The Hall–Kier alpha value is -1.66. The van der Waals surface area contributed by atoms with Gasteiger partial charge < -0.3 is 10.5 Å². The molecule has 6 nitrogen and oxygen atoms in total. The molecule has 1 atom stereocenters. The van der Waals surface area contributed by atoms with E-state index in [1.807, 2.05) is 6.07 Å². The Morgan fingerprint density at radius 1 is 1.58 bits per heavy atom. The van der Waals surface area contributed by atoms with Crippen molar-refractivity contribution in [3.05, 3.63) is 33.9 Å². The molecule has 0 saturated carbocycles. The summed E-state index contributed by atoms with van der Waals surface area (Å²) in [7, 11) is 0. The number of rotatable bonds is 4. The minimum Gasteiger partial charge on any atom is -0.393 e. The van der Waals surface area contributed by atoms with Crippen LogP contribution in [0.3, 0.4) is 0 Å². The molecule has 1 unspecified atom stereocenters. The van der Waals surface area contributed by atoms with Crippen molar-refractivity contribution in [2.75, 3.05) is 25.4 Å². The van der Waals surface area contributed by atoms with Gasteiger partial charge in [0.15, 0.2) is 0 Å². The summed E-state index contributed by atoms with van der Waals surface area (Å²) in [6, 6.07) is 4.97. The lowest BCUT2D eigenvalue weighted by Gasteiger charge is -2.32. The summed E-state index contributed by atoms with van der Waals surface area (Å²) in [5.74, 6) is 0. The molecule has 0 spiro atoms. The lowest BCUT2D eigenvalue weighted by atomic mass is 10.1. The predicted molar refractivity (Wildman–Crippen MR) is 72.8 cm³/mol. The molecule has 0 bridgehead atoms. The average molecular weight is 265 g/mol. The highest BCUT2D eigenvalue weighted by Gasteiger charge is 2.21. The Morgan fingerprint density at radius 2 is 2.37 bits per heavy atom. The monoisotopic (exact) mass is 265 g/mol. The summed E-state index contributed by atoms with van der Waals surface area (Å²) in [5.41, 5.74) is 6.93. The van der Waals surface area contributed by atoms with Gasteiger partial charge in [-0.1, -0.05) is 19.1 Å². The van der Waals surface area contributed by atoms with E-state index in [1.54, 1.807) is 6.07 Å². The summed E-state index contributed by atoms with van der Waals surface area (Å²) >= 11 is 0. The third kappa shape index (κ3) is 3.21. The van der Waals surface area contributed by atoms with Gasteiger partial charge in [0.25, 0.3) is 5.69 Å². The highest BCUT2D eigenvalue weighted by Crippen LogP contribution is 2.26. The zero-order chi connectivity index (χ0) is 13.8. The largest absolute Gasteiger partial charge is 0.393 e. The first-order valence-electron chi connectivity index (χ1n) is 6.47. The van der Waals surface area contributed by atoms with Crippen molar-refractivity contribution in [1.29, 1.82) is 0 Å². The second-order valence-electron chi connectivity index (χ2n) is 4.74. The van der Waals surface area contributed by atoms with E-state index in [1.165, 1.54) is 6.07 Å². The lowest BCUT2D eigenvalue weighted by molar-refractivity contribution is -0.384. The number of nitro groups is 1. The van der Waals surface area contributed by atoms with Crippen molar-refractivity contribution in [2.24, 2.45) is 0 Å². The first-order chi connectivity index (χ1) is 9.11. The number of nitrogens with zero attached hydrogens (tertiary/aromatic N) is 2. The molecule has 1 fully saturated rings. The normalized spacial score (nSPS) is 20.4. The molecule has 19 heavy (non-hydrogen) atoms. The molecule has 0 aromatic heterocycles. The molecule has 0 aliphatic carbocycles. The Balaban J connectivity index is 2.10. The van der Waals surface area contributed by atoms with Gasteiger partial charge in [0.2, 0.25) is 0 Å². The maximum atomic E-state index is 10.9. The zero-order valence-electron chi connectivity index (χ0n) is 11.0. The lowest BCUT2D eigenvalue weighted by Crippen LogP contribution is -2.41. The van der Waals surface area contributed by atoms with E-state index < -0.39 is 4.92 Å². The maximum absolute atomic E-state index is 10.9. The topological polar surface area (TPSA) is 81.6 Å². The third-order valence-corrected chi connectivity index (χ3v) is 3.44. The quantitative estimate of drug-likeness (QED) is 0.510. The molecule has 0 radical (unpaired) electrons. The third-order valence-electron chi connectivity index (χ3n) is 3.44. The van der Waals surface area contributed by atoms with E-state index in [-0.39, 0.29) is 17.5 Å². The average Bonchev–Trinajstić information content (AvgIpc) is 2.41. The summed E-state index contributed by atoms with van der Waals surface area (Å²) < 4.78 is 5.61. The Labute approximate surface area is 112 Å². The number of morpholine rings is 1. The molecule has 2 rings (SSSR count). The van der Waals surface area contributed by atoms with Crippen LogP contribution in [0.15, 0.2) is 18.2 Å².